The topological polar surface area (TPSA) is 0 Å². The van der Waals surface area contributed by atoms with Gasteiger partial charge in [0, 0.05) is 10.8 Å². The van der Waals surface area contributed by atoms with Gasteiger partial charge in [-0.1, -0.05) is 103 Å². The van der Waals surface area contributed by atoms with Gasteiger partial charge >= 0.3 is 0 Å². The molecule has 0 nitrogen and oxygen atoms in total. The predicted octanol–water partition coefficient (Wildman–Crippen LogP) is 9.14. The third kappa shape index (κ3) is 2.14. The summed E-state index contributed by atoms with van der Waals surface area (Å²) in [6.07, 6.45) is 0. The number of hydrogen-bond donors (Lipinski definition) is 0. The molecule has 160 valence electrons. The number of fused-ring (bicyclic) bond motifs is 4. The van der Waals surface area contributed by atoms with Crippen LogP contribution in [0.1, 0.15) is 111 Å². The zero-order valence-electron chi connectivity index (χ0n) is 22.0. The Morgan fingerprint density at radius 2 is 0.643 bits per heavy atom. The van der Waals surface area contributed by atoms with E-state index in [-0.39, 0.29) is 32.5 Å². The maximum absolute atomic E-state index is 2.55. The van der Waals surface area contributed by atoms with Crippen molar-refractivity contribution < 1.29 is 0 Å². The first-order valence-corrected chi connectivity index (χ1v) is 11.2. The fourth-order valence-corrected chi connectivity index (χ4v) is 7.31. The monoisotopic (exact) mass is 384 g/mol. The molecule has 0 heterocycles. The molecular weight excluding hydrogens is 336 g/mol. The van der Waals surface area contributed by atoms with Crippen LogP contribution in [0, 0.1) is 32.5 Å². The van der Waals surface area contributed by atoms with Gasteiger partial charge in [-0.2, -0.15) is 0 Å². The average Bonchev–Trinajstić information content (AvgIpc) is 2.60. The standard InChI is InChI=1S/C28H48/c1-17-20(4)27(15)21(5)18(2)25(11,12)28(16,24(17,9)10)22(6)19(3)23(7,8)26(27,13)14/h1-16H3/b20-17-,21-18-,22-19?. The van der Waals surface area contributed by atoms with Crippen molar-refractivity contribution in [3.63, 3.8) is 0 Å². The van der Waals surface area contributed by atoms with Gasteiger partial charge in [0.25, 0.3) is 0 Å². The Labute approximate surface area is 177 Å². The molecule has 0 saturated heterocycles. The summed E-state index contributed by atoms with van der Waals surface area (Å²) >= 11 is 0. The molecule has 0 amide bonds. The van der Waals surface area contributed by atoms with E-state index in [9.17, 15) is 0 Å². The summed E-state index contributed by atoms with van der Waals surface area (Å²) in [6, 6.07) is 0. The molecule has 0 N–H and O–H groups in total. The van der Waals surface area contributed by atoms with Crippen molar-refractivity contribution in [2.24, 2.45) is 32.5 Å². The Morgan fingerprint density at radius 1 is 0.357 bits per heavy atom. The largest absolute Gasteiger partial charge is 0.0676 e. The molecule has 3 rings (SSSR count). The van der Waals surface area contributed by atoms with E-state index in [4.69, 9.17) is 0 Å². The highest BCUT2D eigenvalue weighted by molar-refractivity contribution is 5.49. The minimum absolute atomic E-state index is 0.00637. The molecule has 0 aromatic carbocycles. The highest BCUT2D eigenvalue weighted by atomic mass is 14.7. The van der Waals surface area contributed by atoms with Crippen molar-refractivity contribution in [3.05, 3.63) is 33.4 Å². The van der Waals surface area contributed by atoms with Crippen molar-refractivity contribution in [2.75, 3.05) is 0 Å². The van der Waals surface area contributed by atoms with Crippen molar-refractivity contribution >= 4 is 0 Å². The predicted molar refractivity (Wildman–Crippen MR) is 126 cm³/mol. The first-order valence-electron chi connectivity index (χ1n) is 11.2. The molecule has 0 fully saturated rings. The number of allylic oxidation sites excluding steroid dienone is 6. The zero-order chi connectivity index (χ0) is 22.5. The Balaban J connectivity index is 3.40. The minimum atomic E-state index is 0.00637. The second-order valence-electron chi connectivity index (χ2n) is 12.5. The fraction of sp³-hybridized carbons (Fsp3) is 0.786. The van der Waals surface area contributed by atoms with Gasteiger partial charge in [-0.25, -0.2) is 0 Å². The molecule has 0 saturated carbocycles. The van der Waals surface area contributed by atoms with Gasteiger partial charge in [0.1, 0.15) is 0 Å². The van der Waals surface area contributed by atoms with Crippen LogP contribution in [0.3, 0.4) is 0 Å². The van der Waals surface area contributed by atoms with Crippen LogP contribution in [0.15, 0.2) is 33.4 Å². The lowest BCUT2D eigenvalue weighted by Gasteiger charge is -2.60. The van der Waals surface area contributed by atoms with Crippen molar-refractivity contribution in [3.8, 4) is 0 Å². The molecule has 3 aliphatic rings. The minimum Gasteiger partial charge on any atom is -0.0676 e. The Kier molecular flexibility index (Phi) is 4.94. The van der Waals surface area contributed by atoms with Gasteiger partial charge in [-0.3, -0.25) is 0 Å². The van der Waals surface area contributed by atoms with Gasteiger partial charge in [0.2, 0.25) is 0 Å². The summed E-state index contributed by atoms with van der Waals surface area (Å²) in [5.41, 5.74) is 9.80. The molecule has 3 aliphatic carbocycles. The number of hydrogen-bond acceptors (Lipinski definition) is 0. The average molecular weight is 385 g/mol. The van der Waals surface area contributed by atoms with E-state index in [1.54, 1.807) is 33.4 Å². The Morgan fingerprint density at radius 3 is 0.964 bits per heavy atom. The first kappa shape index (κ1) is 23.5. The van der Waals surface area contributed by atoms with Gasteiger partial charge in [-0.05, 0) is 63.2 Å². The molecule has 28 heavy (non-hydrogen) atoms. The third-order valence-electron chi connectivity index (χ3n) is 12.1. The Hall–Kier alpha value is -0.780. The van der Waals surface area contributed by atoms with E-state index >= 15 is 0 Å². The quantitative estimate of drug-likeness (QED) is 0.365. The van der Waals surface area contributed by atoms with Crippen LogP contribution in [-0.4, -0.2) is 0 Å². The molecule has 0 aromatic rings. The summed E-state index contributed by atoms with van der Waals surface area (Å²) in [7, 11) is 0. The lowest BCUT2D eigenvalue weighted by molar-refractivity contribution is 0.0315. The van der Waals surface area contributed by atoms with E-state index in [1.807, 2.05) is 0 Å². The summed E-state index contributed by atoms with van der Waals surface area (Å²) in [4.78, 5) is 0. The van der Waals surface area contributed by atoms with Crippen LogP contribution in [0.2, 0.25) is 0 Å². The molecule has 0 aliphatic heterocycles. The van der Waals surface area contributed by atoms with E-state index in [0.717, 1.165) is 0 Å². The van der Waals surface area contributed by atoms with Gasteiger partial charge in [-0.15, -0.1) is 0 Å². The molecular formula is C28H48. The normalized spacial score (nSPS) is 42.0. The Bertz CT molecular complexity index is 761. The SMILES string of the molecule is CC1=C(C)C2(C)C(C)(C)/C(C)=C(/C)C(C)(/C(C)=C(/C)C2(C)C)C(C)(C)C1(C)C. The van der Waals surface area contributed by atoms with E-state index in [1.165, 1.54) is 0 Å². The van der Waals surface area contributed by atoms with E-state index < -0.39 is 0 Å². The zero-order valence-corrected chi connectivity index (χ0v) is 22.0. The molecule has 0 radical (unpaired) electrons. The van der Waals surface area contributed by atoms with E-state index in [0.29, 0.717) is 0 Å². The second kappa shape index (κ2) is 5.89. The highest BCUT2D eigenvalue weighted by Gasteiger charge is 2.63. The summed E-state index contributed by atoms with van der Waals surface area (Å²) in [6.45, 7) is 39.7. The fourth-order valence-electron chi connectivity index (χ4n) is 7.31. The summed E-state index contributed by atoms with van der Waals surface area (Å²) in [5.74, 6) is 0. The van der Waals surface area contributed by atoms with Crippen LogP contribution in [0.4, 0.5) is 0 Å². The lowest BCUT2D eigenvalue weighted by Crippen LogP contribution is -2.52. The van der Waals surface area contributed by atoms with Crippen LogP contribution in [0.25, 0.3) is 0 Å². The maximum atomic E-state index is 2.55. The molecule has 0 aromatic heterocycles. The van der Waals surface area contributed by atoms with Crippen molar-refractivity contribution in [1.82, 2.24) is 0 Å². The molecule has 2 bridgehead atoms. The van der Waals surface area contributed by atoms with Crippen LogP contribution in [0.5, 0.6) is 0 Å². The molecule has 0 atom stereocenters. The smallest absolute Gasteiger partial charge is 0.0151 e. The number of rotatable bonds is 0. The third-order valence-corrected chi connectivity index (χ3v) is 12.1. The van der Waals surface area contributed by atoms with Crippen LogP contribution < -0.4 is 0 Å². The van der Waals surface area contributed by atoms with Crippen LogP contribution in [-0.2, 0) is 0 Å². The first-order chi connectivity index (χ1) is 12.2. The van der Waals surface area contributed by atoms with E-state index in [2.05, 4.69) is 111 Å². The molecule has 0 unspecified atom stereocenters. The van der Waals surface area contributed by atoms with Crippen molar-refractivity contribution in [2.45, 2.75) is 111 Å². The van der Waals surface area contributed by atoms with Crippen LogP contribution >= 0.6 is 0 Å². The van der Waals surface area contributed by atoms with Gasteiger partial charge < -0.3 is 0 Å². The van der Waals surface area contributed by atoms with Gasteiger partial charge in [0.05, 0.1) is 0 Å². The molecule has 0 heteroatoms. The summed E-state index contributed by atoms with van der Waals surface area (Å²) in [5, 5.41) is 0. The second-order valence-corrected chi connectivity index (χ2v) is 12.5. The lowest BCUT2D eigenvalue weighted by atomic mass is 9.43. The maximum Gasteiger partial charge on any atom is 0.0151 e. The summed E-state index contributed by atoms with van der Waals surface area (Å²) < 4.78 is 0. The highest BCUT2D eigenvalue weighted by Crippen LogP contribution is 2.72. The van der Waals surface area contributed by atoms with Gasteiger partial charge in [0.15, 0.2) is 0 Å². The van der Waals surface area contributed by atoms with Crippen molar-refractivity contribution in [1.29, 1.82) is 0 Å². The molecule has 0 spiro atoms.